The van der Waals surface area contributed by atoms with Gasteiger partial charge in [-0.3, -0.25) is 9.79 Å². The van der Waals surface area contributed by atoms with Gasteiger partial charge in [0.05, 0.1) is 18.6 Å². The topological polar surface area (TPSA) is 57.2 Å². The van der Waals surface area contributed by atoms with Gasteiger partial charge in [-0.1, -0.05) is 23.7 Å². The predicted molar refractivity (Wildman–Crippen MR) is 110 cm³/mol. The molecule has 1 aromatic rings. The Bertz CT molecular complexity index is 655. The van der Waals surface area contributed by atoms with Gasteiger partial charge in [-0.2, -0.15) is 0 Å². The van der Waals surface area contributed by atoms with Crippen molar-refractivity contribution in [1.29, 1.82) is 0 Å². The Hall–Kier alpha value is -1.79. The number of rotatable bonds is 6. The molecule has 1 aliphatic rings. The van der Waals surface area contributed by atoms with Crippen LogP contribution in [-0.4, -0.2) is 73.6 Å². The summed E-state index contributed by atoms with van der Waals surface area (Å²) in [4.78, 5) is 21.4. The number of hydrogen-bond donors (Lipinski definition) is 1. The van der Waals surface area contributed by atoms with Gasteiger partial charge in [0, 0.05) is 44.9 Å². The maximum absolute atomic E-state index is 12.6. The lowest BCUT2D eigenvalue weighted by Gasteiger charge is -2.37. The van der Waals surface area contributed by atoms with E-state index in [1.165, 1.54) is 0 Å². The monoisotopic (exact) mass is 394 g/mol. The van der Waals surface area contributed by atoms with E-state index in [1.54, 1.807) is 7.11 Å². The highest BCUT2D eigenvalue weighted by atomic mass is 35.5. The maximum Gasteiger partial charge on any atom is 0.227 e. The lowest BCUT2D eigenvalue weighted by Crippen LogP contribution is -2.54. The second kappa shape index (κ2) is 9.95. The molecule has 0 aliphatic carbocycles. The summed E-state index contributed by atoms with van der Waals surface area (Å²) >= 11 is 6.01. The average Bonchev–Trinajstić information content (AvgIpc) is 2.65. The molecule has 1 N–H and O–H groups in total. The molecule has 0 radical (unpaired) electrons. The van der Waals surface area contributed by atoms with Gasteiger partial charge in [0.25, 0.3) is 0 Å². The Morgan fingerprint density at radius 2 is 1.93 bits per heavy atom. The smallest absolute Gasteiger partial charge is 0.227 e. The fourth-order valence-corrected chi connectivity index (χ4v) is 3.07. The minimum absolute atomic E-state index is 0.138. The minimum atomic E-state index is -0.296. The molecule has 150 valence electrons. The van der Waals surface area contributed by atoms with E-state index >= 15 is 0 Å². The van der Waals surface area contributed by atoms with Gasteiger partial charge in [-0.15, -0.1) is 0 Å². The zero-order valence-corrected chi connectivity index (χ0v) is 17.6. The highest BCUT2D eigenvalue weighted by Gasteiger charge is 2.24. The molecule has 27 heavy (non-hydrogen) atoms. The molecule has 1 aliphatic heterocycles. The van der Waals surface area contributed by atoms with Crippen molar-refractivity contribution < 1.29 is 9.53 Å². The Morgan fingerprint density at radius 3 is 2.52 bits per heavy atom. The summed E-state index contributed by atoms with van der Waals surface area (Å²) in [7, 11) is 1.70. The van der Waals surface area contributed by atoms with E-state index in [1.807, 2.05) is 43.0 Å². The molecule has 0 unspecified atom stereocenters. The van der Waals surface area contributed by atoms with Gasteiger partial charge in [0.1, 0.15) is 0 Å². The van der Waals surface area contributed by atoms with Gasteiger partial charge >= 0.3 is 0 Å². The van der Waals surface area contributed by atoms with Crippen LogP contribution in [0.25, 0.3) is 0 Å². The van der Waals surface area contributed by atoms with Gasteiger partial charge in [-0.05, 0) is 38.5 Å². The van der Waals surface area contributed by atoms with E-state index in [4.69, 9.17) is 21.3 Å². The SMILES string of the molecule is CCNC(=NCC(C)(C)OC)N1CCN(C(=O)Cc2cccc(Cl)c2)CC1. The molecule has 1 fully saturated rings. The number of nitrogens with one attached hydrogen (secondary N) is 1. The highest BCUT2D eigenvalue weighted by molar-refractivity contribution is 6.30. The Labute approximate surface area is 167 Å². The zero-order chi connectivity index (χ0) is 19.9. The number of halogens is 1. The molecule has 1 saturated heterocycles. The van der Waals surface area contributed by atoms with Crippen LogP contribution in [0.5, 0.6) is 0 Å². The predicted octanol–water partition coefficient (Wildman–Crippen LogP) is 2.42. The summed E-state index contributed by atoms with van der Waals surface area (Å²) in [5.74, 6) is 1.02. The number of benzene rings is 1. The summed E-state index contributed by atoms with van der Waals surface area (Å²) < 4.78 is 5.45. The van der Waals surface area contributed by atoms with Crippen LogP contribution in [0.4, 0.5) is 0 Å². The van der Waals surface area contributed by atoms with E-state index in [0.717, 1.165) is 31.2 Å². The number of nitrogens with zero attached hydrogens (tertiary/aromatic N) is 3. The third kappa shape index (κ3) is 6.70. The molecule has 7 heteroatoms. The molecule has 0 bridgehead atoms. The number of aliphatic imine (C=N–C) groups is 1. The van der Waals surface area contributed by atoms with Crippen molar-refractivity contribution >= 4 is 23.5 Å². The summed E-state index contributed by atoms with van der Waals surface area (Å²) in [6.45, 7) is 10.4. The molecule has 1 heterocycles. The fraction of sp³-hybridized carbons (Fsp3) is 0.600. The highest BCUT2D eigenvalue weighted by Crippen LogP contribution is 2.13. The average molecular weight is 395 g/mol. The van der Waals surface area contributed by atoms with E-state index in [9.17, 15) is 4.79 Å². The summed E-state index contributed by atoms with van der Waals surface area (Å²) in [5, 5.41) is 4.00. The first-order valence-electron chi connectivity index (χ1n) is 9.45. The summed E-state index contributed by atoms with van der Waals surface area (Å²) in [6.07, 6.45) is 0.386. The van der Waals surface area contributed by atoms with Crippen LogP contribution < -0.4 is 5.32 Å². The van der Waals surface area contributed by atoms with E-state index < -0.39 is 0 Å². The van der Waals surface area contributed by atoms with Gasteiger partial charge in [0.2, 0.25) is 5.91 Å². The second-order valence-corrected chi connectivity index (χ2v) is 7.74. The summed E-state index contributed by atoms with van der Waals surface area (Å²) in [6, 6.07) is 7.49. The number of carbonyl (C=O) groups is 1. The molecule has 1 aromatic carbocycles. The van der Waals surface area contributed by atoms with Crippen LogP contribution >= 0.6 is 11.6 Å². The van der Waals surface area contributed by atoms with Gasteiger partial charge in [0.15, 0.2) is 5.96 Å². The van der Waals surface area contributed by atoms with Crippen LogP contribution in [0.2, 0.25) is 5.02 Å². The number of piperazine rings is 1. The van der Waals surface area contributed by atoms with E-state index in [2.05, 4.69) is 17.1 Å². The largest absolute Gasteiger partial charge is 0.377 e. The lowest BCUT2D eigenvalue weighted by molar-refractivity contribution is -0.131. The Kier molecular flexibility index (Phi) is 7.92. The van der Waals surface area contributed by atoms with Crippen molar-refractivity contribution in [3.05, 3.63) is 34.9 Å². The molecule has 1 amide bonds. The van der Waals surface area contributed by atoms with E-state index in [0.29, 0.717) is 31.1 Å². The molecular weight excluding hydrogens is 364 g/mol. The fourth-order valence-electron chi connectivity index (χ4n) is 2.86. The van der Waals surface area contributed by atoms with E-state index in [-0.39, 0.29) is 11.5 Å². The number of hydrogen-bond acceptors (Lipinski definition) is 3. The first kappa shape index (κ1) is 21.5. The molecule has 0 saturated carbocycles. The minimum Gasteiger partial charge on any atom is -0.377 e. The molecule has 2 rings (SSSR count). The molecule has 0 atom stereocenters. The third-order valence-electron chi connectivity index (χ3n) is 4.67. The Morgan fingerprint density at radius 1 is 1.26 bits per heavy atom. The molecule has 0 aromatic heterocycles. The Balaban J connectivity index is 1.91. The van der Waals surface area contributed by atoms with Crippen LogP contribution in [0.15, 0.2) is 29.3 Å². The lowest BCUT2D eigenvalue weighted by atomic mass is 10.1. The van der Waals surface area contributed by atoms with Crippen LogP contribution in [0.3, 0.4) is 0 Å². The van der Waals surface area contributed by atoms with Crippen molar-refractivity contribution in [1.82, 2.24) is 15.1 Å². The van der Waals surface area contributed by atoms with Crippen molar-refractivity contribution in [2.45, 2.75) is 32.8 Å². The number of methoxy groups -OCH3 is 1. The third-order valence-corrected chi connectivity index (χ3v) is 4.91. The van der Waals surface area contributed by atoms with Gasteiger partial charge < -0.3 is 19.9 Å². The molecule has 6 nitrogen and oxygen atoms in total. The zero-order valence-electron chi connectivity index (χ0n) is 16.8. The number of carbonyl (C=O) groups excluding carboxylic acids is 1. The van der Waals surface area contributed by atoms with Crippen LogP contribution in [0.1, 0.15) is 26.3 Å². The van der Waals surface area contributed by atoms with Crippen molar-refractivity contribution in [2.24, 2.45) is 4.99 Å². The number of ether oxygens (including phenoxy) is 1. The first-order chi connectivity index (χ1) is 12.8. The first-order valence-corrected chi connectivity index (χ1v) is 9.83. The number of guanidine groups is 1. The van der Waals surface area contributed by atoms with Crippen LogP contribution in [-0.2, 0) is 16.0 Å². The molecule has 0 spiro atoms. The normalized spacial score (nSPS) is 15.8. The maximum atomic E-state index is 12.6. The standard InChI is InChI=1S/C20H31ClN4O2/c1-5-22-19(23-15-20(2,3)27-4)25-11-9-24(10-12-25)18(26)14-16-7-6-8-17(21)13-16/h6-8,13H,5,9-12,14-15H2,1-4H3,(H,22,23). The van der Waals surface area contributed by atoms with Crippen LogP contribution in [0, 0.1) is 0 Å². The van der Waals surface area contributed by atoms with Crippen molar-refractivity contribution in [3.8, 4) is 0 Å². The quantitative estimate of drug-likeness (QED) is 0.594. The van der Waals surface area contributed by atoms with Gasteiger partial charge in [-0.25, -0.2) is 0 Å². The number of amides is 1. The second-order valence-electron chi connectivity index (χ2n) is 7.31. The van der Waals surface area contributed by atoms with Crippen molar-refractivity contribution in [2.75, 3.05) is 46.4 Å². The van der Waals surface area contributed by atoms with Crippen molar-refractivity contribution in [3.63, 3.8) is 0 Å². The molecular formula is C20H31ClN4O2. The summed E-state index contributed by atoms with van der Waals surface area (Å²) in [5.41, 5.74) is 0.654.